The van der Waals surface area contributed by atoms with Gasteiger partial charge in [-0.2, -0.15) is 0 Å². The predicted molar refractivity (Wildman–Crippen MR) is 42.0 cm³/mol. The maximum absolute atomic E-state index is 8.25. The van der Waals surface area contributed by atoms with E-state index in [0.717, 1.165) is 0 Å². The Hall–Kier alpha value is -1.31. The highest BCUT2D eigenvalue weighted by atomic mass is 16.3. The molecule has 2 nitrogen and oxygen atoms in total. The van der Waals surface area contributed by atoms with Crippen molar-refractivity contribution >= 4 is 6.47 Å². The van der Waals surface area contributed by atoms with Gasteiger partial charge in [0.1, 0.15) is 0 Å². The number of aryl methyl sites for hydroxylation is 2. The number of benzene rings is 1. The third kappa shape index (κ3) is 4.14. The first-order chi connectivity index (χ1) is 5.22. The summed E-state index contributed by atoms with van der Waals surface area (Å²) in [6.07, 6.45) is 0. The Bertz CT molecular complexity index is 198. The first-order valence-corrected chi connectivity index (χ1v) is 3.30. The van der Waals surface area contributed by atoms with Crippen LogP contribution in [-0.2, 0) is 4.79 Å². The molecule has 1 aromatic carbocycles. The highest BCUT2D eigenvalue weighted by Crippen LogP contribution is 2.02. The van der Waals surface area contributed by atoms with Crippen LogP contribution in [0.15, 0.2) is 24.3 Å². The first kappa shape index (κ1) is 9.69. The Labute approximate surface area is 66.5 Å². The van der Waals surface area contributed by atoms with E-state index in [2.05, 4.69) is 38.1 Å². The van der Waals surface area contributed by atoms with E-state index in [4.69, 9.17) is 9.90 Å². The Morgan fingerprint density at radius 3 is 1.64 bits per heavy atom. The third-order valence-corrected chi connectivity index (χ3v) is 1.43. The molecule has 0 spiro atoms. The number of hydrogen-bond donors (Lipinski definition) is 0. The smallest absolute Gasteiger partial charge is 0.0275 e. The minimum absolute atomic E-state index is 0.500. The fourth-order valence-corrected chi connectivity index (χ4v) is 0.663. The lowest BCUT2D eigenvalue weighted by atomic mass is 10.1. The van der Waals surface area contributed by atoms with E-state index in [1.54, 1.807) is 0 Å². The fraction of sp³-hybridized carbons (Fsp3) is 0.222. The minimum atomic E-state index is -0.500. The molecule has 60 valence electrons. The van der Waals surface area contributed by atoms with Gasteiger partial charge >= 0.3 is 0 Å². The van der Waals surface area contributed by atoms with Gasteiger partial charge in [-0.05, 0) is 25.0 Å². The topological polar surface area (TPSA) is 40.1 Å². The fourth-order valence-electron chi connectivity index (χ4n) is 0.663. The molecule has 2 heteroatoms. The maximum Gasteiger partial charge on any atom is 0.0275 e. The van der Waals surface area contributed by atoms with Crippen molar-refractivity contribution < 1.29 is 9.90 Å². The van der Waals surface area contributed by atoms with Gasteiger partial charge in [0.15, 0.2) is 0 Å². The average molecular weight is 151 g/mol. The number of carbonyl (C=O) groups excluding carboxylic acids is 1. The highest BCUT2D eigenvalue weighted by molar-refractivity contribution is 5.29. The largest absolute Gasteiger partial charge is 0.554 e. The monoisotopic (exact) mass is 151 g/mol. The summed E-state index contributed by atoms with van der Waals surface area (Å²) in [4.78, 5) is 8.25. The summed E-state index contributed by atoms with van der Waals surface area (Å²) in [6.45, 7) is 3.74. The van der Waals surface area contributed by atoms with Crippen molar-refractivity contribution in [2.24, 2.45) is 0 Å². The van der Waals surface area contributed by atoms with Crippen LogP contribution in [0.5, 0.6) is 0 Å². The molecule has 0 aliphatic carbocycles. The second-order valence-electron chi connectivity index (χ2n) is 2.18. The zero-order chi connectivity index (χ0) is 8.69. The summed E-state index contributed by atoms with van der Waals surface area (Å²) in [5.41, 5.74) is 2.74. The maximum atomic E-state index is 8.25. The van der Waals surface area contributed by atoms with Crippen LogP contribution in [0.1, 0.15) is 11.1 Å². The summed E-state index contributed by atoms with van der Waals surface area (Å²) < 4.78 is 0. The number of hydrogen-bond acceptors (Lipinski definition) is 2. The van der Waals surface area contributed by atoms with Crippen molar-refractivity contribution in [3.05, 3.63) is 35.4 Å². The van der Waals surface area contributed by atoms with Crippen LogP contribution in [0.3, 0.4) is 0 Å². The lowest BCUT2D eigenvalue weighted by Crippen LogP contribution is -2.01. The molecule has 0 aliphatic rings. The van der Waals surface area contributed by atoms with Gasteiger partial charge in [-0.25, -0.2) is 0 Å². The summed E-state index contributed by atoms with van der Waals surface area (Å²) in [5.74, 6) is 0. The van der Waals surface area contributed by atoms with Crippen LogP contribution in [0.2, 0.25) is 0 Å². The van der Waals surface area contributed by atoms with Gasteiger partial charge in [0, 0.05) is 6.47 Å². The van der Waals surface area contributed by atoms with E-state index < -0.39 is 6.47 Å². The van der Waals surface area contributed by atoms with Crippen molar-refractivity contribution in [3.63, 3.8) is 0 Å². The van der Waals surface area contributed by atoms with Crippen LogP contribution >= 0.6 is 0 Å². The molecular weight excluding hydrogens is 140 g/mol. The highest BCUT2D eigenvalue weighted by Gasteiger charge is 1.83. The van der Waals surface area contributed by atoms with Gasteiger partial charge in [-0.15, -0.1) is 0 Å². The molecule has 0 heterocycles. The zero-order valence-corrected chi connectivity index (χ0v) is 6.70. The molecule has 0 aromatic heterocycles. The summed E-state index contributed by atoms with van der Waals surface area (Å²) in [5, 5.41) is 8.25. The summed E-state index contributed by atoms with van der Waals surface area (Å²) in [6, 6.07) is 8.36. The lowest BCUT2D eigenvalue weighted by molar-refractivity contribution is -0.283. The van der Waals surface area contributed by atoms with Gasteiger partial charge in [-0.3, -0.25) is 0 Å². The van der Waals surface area contributed by atoms with Gasteiger partial charge in [-0.1, -0.05) is 24.3 Å². The summed E-state index contributed by atoms with van der Waals surface area (Å²) >= 11 is 0. The zero-order valence-electron chi connectivity index (χ0n) is 6.70. The van der Waals surface area contributed by atoms with E-state index in [1.165, 1.54) is 11.1 Å². The van der Waals surface area contributed by atoms with E-state index in [-0.39, 0.29) is 0 Å². The molecule has 0 N–H and O–H groups in total. The van der Waals surface area contributed by atoms with Gasteiger partial charge in [0.25, 0.3) is 0 Å². The van der Waals surface area contributed by atoms with Crippen molar-refractivity contribution in [3.8, 4) is 0 Å². The molecule has 0 radical (unpaired) electrons. The van der Waals surface area contributed by atoms with Crippen molar-refractivity contribution in [2.75, 3.05) is 0 Å². The molecule has 11 heavy (non-hydrogen) atoms. The van der Waals surface area contributed by atoms with E-state index in [9.17, 15) is 0 Å². The van der Waals surface area contributed by atoms with Crippen LogP contribution in [0.25, 0.3) is 0 Å². The van der Waals surface area contributed by atoms with Crippen LogP contribution in [-0.4, -0.2) is 6.47 Å². The summed E-state index contributed by atoms with van der Waals surface area (Å²) in [7, 11) is 0. The molecule has 1 aromatic rings. The van der Waals surface area contributed by atoms with Crippen molar-refractivity contribution in [1.29, 1.82) is 0 Å². The number of carboxylic acid groups (broad SMARTS) is 1. The molecule has 0 aliphatic heterocycles. The van der Waals surface area contributed by atoms with Gasteiger partial charge < -0.3 is 9.90 Å². The van der Waals surface area contributed by atoms with Crippen LogP contribution < -0.4 is 5.11 Å². The Morgan fingerprint density at radius 2 is 1.45 bits per heavy atom. The first-order valence-electron chi connectivity index (χ1n) is 3.30. The quantitative estimate of drug-likeness (QED) is 0.511. The third-order valence-electron chi connectivity index (χ3n) is 1.43. The van der Waals surface area contributed by atoms with E-state index >= 15 is 0 Å². The molecule has 0 saturated carbocycles. The van der Waals surface area contributed by atoms with Crippen molar-refractivity contribution in [1.82, 2.24) is 0 Å². The molecular formula is C9H11O2-. The normalized spacial score (nSPS) is 7.82. The van der Waals surface area contributed by atoms with Crippen molar-refractivity contribution in [2.45, 2.75) is 13.8 Å². The Kier molecular flexibility index (Phi) is 4.82. The minimum Gasteiger partial charge on any atom is -0.554 e. The molecule has 0 bridgehead atoms. The number of carbonyl (C=O) groups is 1. The van der Waals surface area contributed by atoms with Crippen LogP contribution in [0, 0.1) is 13.8 Å². The van der Waals surface area contributed by atoms with Gasteiger partial charge in [0.05, 0.1) is 0 Å². The van der Waals surface area contributed by atoms with E-state index in [1.807, 2.05) is 0 Å². The van der Waals surface area contributed by atoms with Gasteiger partial charge in [0.2, 0.25) is 0 Å². The molecule has 0 fully saturated rings. The van der Waals surface area contributed by atoms with E-state index in [0.29, 0.717) is 0 Å². The molecule has 0 amide bonds. The van der Waals surface area contributed by atoms with Crippen LogP contribution in [0.4, 0.5) is 0 Å². The predicted octanol–water partition coefficient (Wildman–Crippen LogP) is 0.670. The second kappa shape index (κ2) is 5.47. The molecule has 0 saturated heterocycles. The Balaban J connectivity index is 0.000000292. The average Bonchev–Trinajstić information content (AvgIpc) is 1.97. The lowest BCUT2D eigenvalue weighted by Gasteiger charge is -1.93. The standard InChI is InChI=1S/C8H10.CH2O2/c1-7-5-3-4-6-8(7)2;2-1-3/h3-6H,1-2H3;1H,(H,2,3)/p-1. The Morgan fingerprint density at radius 1 is 1.18 bits per heavy atom. The second-order valence-corrected chi connectivity index (χ2v) is 2.18. The molecule has 0 unspecified atom stereocenters. The molecule has 1 rings (SSSR count). The molecule has 0 atom stereocenters. The number of rotatable bonds is 0. The SMILES string of the molecule is Cc1ccccc1C.O=C[O-].